The maximum Gasteiger partial charge on any atom is 0.435 e. The molecule has 0 unspecified atom stereocenters. The Hall–Kier alpha value is -3.47. The van der Waals surface area contributed by atoms with Crippen LogP contribution in [0.2, 0.25) is 0 Å². The first kappa shape index (κ1) is 24.2. The van der Waals surface area contributed by atoms with Gasteiger partial charge in [0, 0.05) is 9.64 Å². The molecule has 0 bridgehead atoms. The fourth-order valence-electron chi connectivity index (χ4n) is 2.61. The third kappa shape index (κ3) is 5.67. The molecule has 33 heavy (non-hydrogen) atoms. The summed E-state index contributed by atoms with van der Waals surface area (Å²) in [5.41, 5.74) is -1.54. The molecule has 2 aromatic carbocycles. The van der Waals surface area contributed by atoms with Crippen LogP contribution in [0.3, 0.4) is 0 Å². The van der Waals surface area contributed by atoms with Crippen molar-refractivity contribution in [1.29, 1.82) is 5.26 Å². The summed E-state index contributed by atoms with van der Waals surface area (Å²) in [6, 6.07) is 10.2. The van der Waals surface area contributed by atoms with Gasteiger partial charge in [-0.05, 0) is 72.8 Å². The first-order valence-corrected chi connectivity index (χ1v) is 10.2. The van der Waals surface area contributed by atoms with E-state index in [-0.39, 0.29) is 22.7 Å². The first-order chi connectivity index (χ1) is 15.5. The zero-order chi connectivity index (χ0) is 24.3. The van der Waals surface area contributed by atoms with Crippen molar-refractivity contribution in [3.05, 3.63) is 68.8 Å². The summed E-state index contributed by atoms with van der Waals surface area (Å²) in [5, 5.41) is 18.9. The van der Waals surface area contributed by atoms with Crippen LogP contribution in [0.15, 0.2) is 47.6 Å². The van der Waals surface area contributed by atoms with Crippen molar-refractivity contribution in [2.24, 2.45) is 5.16 Å². The lowest BCUT2D eigenvalue weighted by atomic mass is 10.2. The lowest BCUT2D eigenvalue weighted by molar-refractivity contribution is -0.141. The Morgan fingerprint density at radius 2 is 1.94 bits per heavy atom. The lowest BCUT2D eigenvalue weighted by Crippen LogP contribution is -2.17. The van der Waals surface area contributed by atoms with Gasteiger partial charge in [-0.1, -0.05) is 5.16 Å². The van der Waals surface area contributed by atoms with Crippen LogP contribution in [0.5, 0.6) is 5.75 Å². The van der Waals surface area contributed by atoms with E-state index in [1.165, 1.54) is 30.3 Å². The minimum atomic E-state index is -4.84. The van der Waals surface area contributed by atoms with Crippen molar-refractivity contribution in [2.45, 2.75) is 20.0 Å². The van der Waals surface area contributed by atoms with Crippen molar-refractivity contribution >= 4 is 39.9 Å². The van der Waals surface area contributed by atoms with E-state index < -0.39 is 29.3 Å². The standard InChI is InChI=1S/C21H14F4IN5O2/c1-11(2)30-33-18-6-4-14(7-12(18)10-27)31-17(9-19(29-31)21(23,24)25)20(32)28-16-5-3-13(26)8-15(16)22/h3-9H,1-2H3,(H,28,32). The molecule has 0 atom stereocenters. The number of carbonyl (C=O) groups is 1. The van der Waals surface area contributed by atoms with Gasteiger partial charge in [0.05, 0.1) is 22.6 Å². The summed E-state index contributed by atoms with van der Waals surface area (Å²) in [6.07, 6.45) is -4.84. The monoisotopic (exact) mass is 571 g/mol. The molecule has 0 spiro atoms. The number of alkyl halides is 3. The van der Waals surface area contributed by atoms with E-state index >= 15 is 0 Å². The van der Waals surface area contributed by atoms with Crippen LogP contribution in [-0.4, -0.2) is 21.4 Å². The van der Waals surface area contributed by atoms with Crippen molar-refractivity contribution in [1.82, 2.24) is 9.78 Å². The summed E-state index contributed by atoms with van der Waals surface area (Å²) in [7, 11) is 0. The van der Waals surface area contributed by atoms with E-state index in [4.69, 9.17) is 4.84 Å². The number of anilines is 1. The number of amides is 1. The Bertz CT molecular complexity index is 1290. The smallest absolute Gasteiger partial charge is 0.356 e. The molecule has 0 saturated carbocycles. The van der Waals surface area contributed by atoms with Gasteiger partial charge in [-0.25, -0.2) is 9.07 Å². The average molecular weight is 571 g/mol. The molecular formula is C21H14F4IN5O2. The van der Waals surface area contributed by atoms with Gasteiger partial charge in [-0.3, -0.25) is 4.79 Å². The van der Waals surface area contributed by atoms with E-state index in [9.17, 15) is 27.6 Å². The second kappa shape index (κ2) is 9.57. The number of hydrogen-bond donors (Lipinski definition) is 1. The number of aromatic nitrogens is 2. The SMILES string of the molecule is CC(C)=NOc1ccc(-n2nc(C(F)(F)F)cc2C(=O)Nc2ccc(I)cc2F)cc1C#N. The maximum atomic E-state index is 14.1. The Labute approximate surface area is 198 Å². The average Bonchev–Trinajstić information content (AvgIpc) is 3.20. The van der Waals surface area contributed by atoms with Crippen molar-refractivity contribution < 1.29 is 27.2 Å². The van der Waals surface area contributed by atoms with Gasteiger partial charge >= 0.3 is 6.18 Å². The molecule has 1 heterocycles. The Morgan fingerprint density at radius 3 is 2.55 bits per heavy atom. The Balaban J connectivity index is 2.06. The molecule has 1 aromatic heterocycles. The number of oxime groups is 1. The van der Waals surface area contributed by atoms with Crippen molar-refractivity contribution in [3.8, 4) is 17.5 Å². The summed E-state index contributed by atoms with van der Waals surface area (Å²) < 4.78 is 55.4. The molecule has 0 radical (unpaired) electrons. The van der Waals surface area contributed by atoms with Crippen LogP contribution in [0.25, 0.3) is 5.69 Å². The fraction of sp³-hybridized carbons (Fsp3) is 0.143. The highest BCUT2D eigenvalue weighted by atomic mass is 127. The zero-order valence-electron chi connectivity index (χ0n) is 17.0. The molecule has 0 fully saturated rings. The second-order valence-electron chi connectivity index (χ2n) is 6.82. The molecule has 1 N–H and O–H groups in total. The molecule has 0 aliphatic heterocycles. The summed E-state index contributed by atoms with van der Waals surface area (Å²) >= 11 is 1.87. The van der Waals surface area contributed by atoms with E-state index in [0.717, 1.165) is 10.7 Å². The highest BCUT2D eigenvalue weighted by molar-refractivity contribution is 14.1. The quantitative estimate of drug-likeness (QED) is 0.189. The maximum absolute atomic E-state index is 14.1. The predicted octanol–water partition coefficient (Wildman–Crippen LogP) is 5.53. The number of carbonyl (C=O) groups excluding carboxylic acids is 1. The van der Waals surface area contributed by atoms with E-state index in [0.29, 0.717) is 15.3 Å². The van der Waals surface area contributed by atoms with Crippen molar-refractivity contribution in [3.63, 3.8) is 0 Å². The normalized spacial score (nSPS) is 11.0. The Kier molecular flexibility index (Phi) is 7.01. The van der Waals surface area contributed by atoms with Gasteiger partial charge in [0.2, 0.25) is 0 Å². The van der Waals surface area contributed by atoms with E-state index in [1.54, 1.807) is 13.8 Å². The van der Waals surface area contributed by atoms with Crippen molar-refractivity contribution in [2.75, 3.05) is 5.32 Å². The topological polar surface area (TPSA) is 92.3 Å². The number of rotatable bonds is 5. The summed E-state index contributed by atoms with van der Waals surface area (Å²) in [6.45, 7) is 3.34. The second-order valence-corrected chi connectivity index (χ2v) is 8.07. The van der Waals surface area contributed by atoms with Crippen LogP contribution >= 0.6 is 22.6 Å². The number of halogens is 5. The summed E-state index contributed by atoms with van der Waals surface area (Å²) in [4.78, 5) is 17.9. The fourth-order valence-corrected chi connectivity index (χ4v) is 3.07. The van der Waals surface area contributed by atoms with Gasteiger partial charge < -0.3 is 10.2 Å². The van der Waals surface area contributed by atoms with Gasteiger partial charge in [-0.2, -0.15) is 23.5 Å². The van der Waals surface area contributed by atoms with Crippen LogP contribution in [0, 0.1) is 20.7 Å². The van der Waals surface area contributed by atoms with Crippen LogP contribution in [-0.2, 0) is 6.18 Å². The highest BCUT2D eigenvalue weighted by Crippen LogP contribution is 2.31. The third-order valence-electron chi connectivity index (χ3n) is 4.07. The largest absolute Gasteiger partial charge is 0.435 e. The molecule has 3 rings (SSSR count). The summed E-state index contributed by atoms with van der Waals surface area (Å²) in [5.74, 6) is -1.71. The number of nitriles is 1. The van der Waals surface area contributed by atoms with E-state index in [2.05, 4.69) is 15.6 Å². The lowest BCUT2D eigenvalue weighted by Gasteiger charge is -2.10. The molecule has 0 saturated heterocycles. The number of nitrogens with zero attached hydrogens (tertiary/aromatic N) is 4. The highest BCUT2D eigenvalue weighted by Gasteiger charge is 2.36. The molecule has 1 amide bonds. The molecule has 0 aliphatic carbocycles. The molecular weight excluding hydrogens is 557 g/mol. The van der Waals surface area contributed by atoms with Crippen LogP contribution in [0.4, 0.5) is 23.2 Å². The molecule has 0 aliphatic rings. The first-order valence-electron chi connectivity index (χ1n) is 9.16. The third-order valence-corrected chi connectivity index (χ3v) is 4.74. The van der Waals surface area contributed by atoms with Gasteiger partial charge in [0.15, 0.2) is 11.4 Å². The Morgan fingerprint density at radius 1 is 1.21 bits per heavy atom. The van der Waals surface area contributed by atoms with E-state index in [1.807, 2.05) is 28.7 Å². The molecule has 7 nitrogen and oxygen atoms in total. The number of hydrogen-bond acceptors (Lipinski definition) is 5. The minimum Gasteiger partial charge on any atom is -0.356 e. The zero-order valence-corrected chi connectivity index (χ0v) is 19.2. The number of nitrogens with one attached hydrogen (secondary N) is 1. The van der Waals surface area contributed by atoms with Gasteiger partial charge in [0.1, 0.15) is 17.6 Å². The van der Waals surface area contributed by atoms with Crippen LogP contribution in [0.1, 0.15) is 35.6 Å². The predicted molar refractivity (Wildman–Crippen MR) is 120 cm³/mol. The molecule has 12 heteroatoms. The number of benzene rings is 2. The molecule has 170 valence electrons. The van der Waals surface area contributed by atoms with Gasteiger partial charge in [-0.15, -0.1) is 0 Å². The molecule has 3 aromatic rings. The van der Waals surface area contributed by atoms with Crippen LogP contribution < -0.4 is 10.2 Å². The van der Waals surface area contributed by atoms with Gasteiger partial charge in [0.25, 0.3) is 5.91 Å². The minimum absolute atomic E-state index is 0.0140.